The quantitative estimate of drug-likeness (QED) is 0.787. The second-order valence-electron chi connectivity index (χ2n) is 4.86. The Labute approximate surface area is 124 Å². The van der Waals surface area contributed by atoms with Crippen LogP contribution in [0.3, 0.4) is 0 Å². The van der Waals surface area contributed by atoms with E-state index in [1.165, 1.54) is 19.3 Å². The van der Waals surface area contributed by atoms with E-state index in [1.807, 2.05) is 24.3 Å². The number of benzene rings is 1. The van der Waals surface area contributed by atoms with Crippen LogP contribution in [0, 0.1) is 5.82 Å². The van der Waals surface area contributed by atoms with E-state index in [-0.39, 0.29) is 5.82 Å². The highest BCUT2D eigenvalue weighted by atomic mass is 19.1. The summed E-state index contributed by atoms with van der Waals surface area (Å²) in [5.41, 5.74) is 6.22. The Hall–Kier alpha value is -2.17. The molecule has 112 valence electrons. The number of anilines is 1. The molecule has 0 radical (unpaired) electrons. The van der Waals surface area contributed by atoms with Gasteiger partial charge in [0.15, 0.2) is 17.5 Å². The van der Waals surface area contributed by atoms with Crippen LogP contribution in [0.5, 0.6) is 5.75 Å². The fourth-order valence-electron chi connectivity index (χ4n) is 1.94. The number of unbranched alkanes of at least 4 members (excludes halogenated alkanes) is 3. The Kier molecular flexibility index (Phi) is 5.49. The fourth-order valence-corrected chi connectivity index (χ4v) is 1.94. The van der Waals surface area contributed by atoms with Gasteiger partial charge in [0.1, 0.15) is 5.75 Å². The maximum atomic E-state index is 13.0. The Morgan fingerprint density at radius 3 is 2.57 bits per heavy atom. The van der Waals surface area contributed by atoms with Gasteiger partial charge in [-0.2, -0.15) is 0 Å². The monoisotopic (exact) mass is 289 g/mol. The van der Waals surface area contributed by atoms with Crippen molar-refractivity contribution >= 4 is 5.82 Å². The number of aromatic nitrogens is 2. The largest absolute Gasteiger partial charge is 0.494 e. The minimum Gasteiger partial charge on any atom is -0.494 e. The molecule has 0 bridgehead atoms. The molecule has 2 aromatic rings. The van der Waals surface area contributed by atoms with Crippen LogP contribution in [0.4, 0.5) is 10.2 Å². The summed E-state index contributed by atoms with van der Waals surface area (Å²) in [6.07, 6.45) is 5.79. The molecule has 0 unspecified atom stereocenters. The molecule has 0 saturated heterocycles. The molecular formula is C16H20FN3O. The number of hydrogen-bond acceptors (Lipinski definition) is 4. The van der Waals surface area contributed by atoms with Crippen LogP contribution < -0.4 is 10.5 Å². The van der Waals surface area contributed by atoms with Crippen molar-refractivity contribution in [2.75, 3.05) is 12.3 Å². The lowest BCUT2D eigenvalue weighted by Crippen LogP contribution is -1.99. The highest BCUT2D eigenvalue weighted by Crippen LogP contribution is 2.20. The van der Waals surface area contributed by atoms with Gasteiger partial charge in [0.05, 0.1) is 12.8 Å². The van der Waals surface area contributed by atoms with Gasteiger partial charge in [-0.15, -0.1) is 0 Å². The standard InChI is InChI=1S/C16H20FN3O/c1-2-3-4-5-10-21-13-8-6-12(7-9-13)16-19-11-14(17)15(18)20-16/h6-9,11H,2-5,10H2,1H3,(H2,18,19,20). The van der Waals surface area contributed by atoms with Crippen LogP contribution in [0.1, 0.15) is 32.6 Å². The number of nitrogens with zero attached hydrogens (tertiary/aromatic N) is 2. The Bertz CT molecular complexity index is 572. The van der Waals surface area contributed by atoms with Gasteiger partial charge in [-0.25, -0.2) is 14.4 Å². The molecule has 4 nitrogen and oxygen atoms in total. The summed E-state index contributed by atoms with van der Waals surface area (Å²) in [5.74, 6) is 0.468. The first-order valence-electron chi connectivity index (χ1n) is 7.22. The second-order valence-corrected chi connectivity index (χ2v) is 4.86. The number of hydrogen-bond donors (Lipinski definition) is 1. The molecule has 0 aliphatic rings. The molecule has 0 aliphatic carbocycles. The van der Waals surface area contributed by atoms with Gasteiger partial charge in [0, 0.05) is 5.56 Å². The summed E-state index contributed by atoms with van der Waals surface area (Å²) in [6, 6.07) is 7.40. The van der Waals surface area contributed by atoms with Crippen molar-refractivity contribution in [2.24, 2.45) is 0 Å². The first-order valence-corrected chi connectivity index (χ1v) is 7.22. The van der Waals surface area contributed by atoms with Gasteiger partial charge in [-0.3, -0.25) is 0 Å². The van der Waals surface area contributed by atoms with E-state index in [0.29, 0.717) is 5.82 Å². The lowest BCUT2D eigenvalue weighted by Gasteiger charge is -2.07. The third-order valence-corrected chi connectivity index (χ3v) is 3.15. The van der Waals surface area contributed by atoms with Gasteiger partial charge in [0.2, 0.25) is 0 Å². The van der Waals surface area contributed by atoms with E-state index >= 15 is 0 Å². The summed E-state index contributed by atoms with van der Waals surface area (Å²) < 4.78 is 18.7. The lowest BCUT2D eigenvalue weighted by atomic mass is 10.2. The highest BCUT2D eigenvalue weighted by Gasteiger charge is 2.06. The summed E-state index contributed by atoms with van der Waals surface area (Å²) in [5, 5.41) is 0. The van der Waals surface area contributed by atoms with Gasteiger partial charge in [-0.1, -0.05) is 26.2 Å². The third kappa shape index (κ3) is 4.41. The molecule has 0 spiro atoms. The second kappa shape index (κ2) is 7.57. The average Bonchev–Trinajstić information content (AvgIpc) is 2.50. The van der Waals surface area contributed by atoms with Crippen molar-refractivity contribution in [3.05, 3.63) is 36.3 Å². The summed E-state index contributed by atoms with van der Waals surface area (Å²) in [4.78, 5) is 7.85. The van der Waals surface area contributed by atoms with E-state index < -0.39 is 5.82 Å². The van der Waals surface area contributed by atoms with Crippen LogP contribution in [-0.4, -0.2) is 16.6 Å². The molecule has 0 aliphatic heterocycles. The Balaban J connectivity index is 1.93. The number of nitrogen functional groups attached to an aromatic ring is 1. The minimum absolute atomic E-state index is 0.142. The SMILES string of the molecule is CCCCCCOc1ccc(-c2ncc(F)c(N)n2)cc1. The molecule has 2 N–H and O–H groups in total. The Morgan fingerprint density at radius 1 is 1.14 bits per heavy atom. The summed E-state index contributed by atoms with van der Waals surface area (Å²) in [7, 11) is 0. The van der Waals surface area contributed by atoms with Crippen molar-refractivity contribution in [3.63, 3.8) is 0 Å². The van der Waals surface area contributed by atoms with Crippen molar-refractivity contribution < 1.29 is 9.13 Å². The number of nitrogens with two attached hydrogens (primary N) is 1. The number of rotatable bonds is 7. The molecule has 1 aromatic heterocycles. The topological polar surface area (TPSA) is 61.0 Å². The van der Waals surface area contributed by atoms with Crippen LogP contribution in [0.15, 0.2) is 30.5 Å². The van der Waals surface area contributed by atoms with Gasteiger partial charge in [0.25, 0.3) is 0 Å². The summed E-state index contributed by atoms with van der Waals surface area (Å²) in [6.45, 7) is 2.91. The average molecular weight is 289 g/mol. The maximum Gasteiger partial charge on any atom is 0.183 e. The van der Waals surface area contributed by atoms with Crippen LogP contribution in [-0.2, 0) is 0 Å². The molecule has 2 rings (SSSR count). The molecule has 0 atom stereocenters. The normalized spacial score (nSPS) is 10.6. The van der Waals surface area contributed by atoms with E-state index in [4.69, 9.17) is 10.5 Å². The molecule has 0 saturated carbocycles. The van der Waals surface area contributed by atoms with Crippen LogP contribution in [0.2, 0.25) is 0 Å². The zero-order valence-electron chi connectivity index (χ0n) is 12.2. The zero-order chi connectivity index (χ0) is 15.1. The predicted octanol–water partition coefficient (Wildman–Crippen LogP) is 3.82. The highest BCUT2D eigenvalue weighted by molar-refractivity contribution is 5.57. The molecule has 0 amide bonds. The maximum absolute atomic E-state index is 13.0. The van der Waals surface area contributed by atoms with Crippen molar-refractivity contribution in [1.82, 2.24) is 9.97 Å². The molecular weight excluding hydrogens is 269 g/mol. The molecule has 1 heterocycles. The van der Waals surface area contributed by atoms with E-state index in [9.17, 15) is 4.39 Å². The van der Waals surface area contributed by atoms with E-state index in [2.05, 4.69) is 16.9 Å². The van der Waals surface area contributed by atoms with Crippen LogP contribution in [0.25, 0.3) is 11.4 Å². The fraction of sp³-hybridized carbons (Fsp3) is 0.375. The Morgan fingerprint density at radius 2 is 1.90 bits per heavy atom. The predicted molar refractivity (Wildman–Crippen MR) is 81.5 cm³/mol. The lowest BCUT2D eigenvalue weighted by molar-refractivity contribution is 0.305. The minimum atomic E-state index is -0.606. The third-order valence-electron chi connectivity index (χ3n) is 3.15. The zero-order valence-corrected chi connectivity index (χ0v) is 12.2. The summed E-state index contributed by atoms with van der Waals surface area (Å²) >= 11 is 0. The van der Waals surface area contributed by atoms with Crippen LogP contribution >= 0.6 is 0 Å². The van der Waals surface area contributed by atoms with E-state index in [0.717, 1.165) is 30.5 Å². The number of halogens is 1. The van der Waals surface area contributed by atoms with Gasteiger partial charge >= 0.3 is 0 Å². The number of ether oxygens (including phenoxy) is 1. The molecule has 1 aromatic carbocycles. The van der Waals surface area contributed by atoms with Crippen molar-refractivity contribution in [2.45, 2.75) is 32.6 Å². The smallest absolute Gasteiger partial charge is 0.183 e. The van der Waals surface area contributed by atoms with E-state index in [1.54, 1.807) is 0 Å². The molecule has 5 heteroatoms. The molecule has 0 fully saturated rings. The van der Waals surface area contributed by atoms with Crippen molar-refractivity contribution in [3.8, 4) is 17.1 Å². The van der Waals surface area contributed by atoms with Gasteiger partial charge < -0.3 is 10.5 Å². The first kappa shape index (κ1) is 15.2. The van der Waals surface area contributed by atoms with Crippen molar-refractivity contribution in [1.29, 1.82) is 0 Å². The van der Waals surface area contributed by atoms with Gasteiger partial charge in [-0.05, 0) is 30.7 Å². The molecule has 21 heavy (non-hydrogen) atoms. The first-order chi connectivity index (χ1) is 10.2.